The van der Waals surface area contributed by atoms with Gasteiger partial charge in [0.2, 0.25) is 10.0 Å². The van der Waals surface area contributed by atoms with Crippen molar-refractivity contribution in [2.24, 2.45) is 0 Å². The molecule has 0 radical (unpaired) electrons. The summed E-state index contributed by atoms with van der Waals surface area (Å²) in [5.41, 5.74) is 0.713. The molecule has 1 atom stereocenters. The van der Waals surface area contributed by atoms with Gasteiger partial charge in [0.25, 0.3) is 0 Å². The second-order valence-electron chi connectivity index (χ2n) is 5.01. The molecular formula is C14H21NO5S. The summed E-state index contributed by atoms with van der Waals surface area (Å²) in [4.78, 5) is 10.5. The zero-order chi connectivity index (χ0) is 16.0. The number of carboxylic acid groups (broad SMARTS) is 1. The topological polar surface area (TPSA) is 92.7 Å². The molecule has 0 aliphatic carbocycles. The number of carboxylic acids is 1. The lowest BCUT2D eigenvalue weighted by atomic mass is 10.1. The van der Waals surface area contributed by atoms with Gasteiger partial charge in [0.15, 0.2) is 0 Å². The van der Waals surface area contributed by atoms with Crippen molar-refractivity contribution < 1.29 is 23.1 Å². The fourth-order valence-electron chi connectivity index (χ4n) is 1.81. The molecule has 1 unspecified atom stereocenters. The van der Waals surface area contributed by atoms with Crippen LogP contribution in [0.4, 0.5) is 0 Å². The maximum Gasteiger partial charge on any atom is 0.304 e. The van der Waals surface area contributed by atoms with Gasteiger partial charge in [-0.1, -0.05) is 18.2 Å². The number of carbonyl (C=O) groups is 1. The van der Waals surface area contributed by atoms with E-state index in [1.807, 2.05) is 19.9 Å². The summed E-state index contributed by atoms with van der Waals surface area (Å²) in [6.45, 7) is 5.47. The van der Waals surface area contributed by atoms with Gasteiger partial charge in [0, 0.05) is 11.6 Å². The first-order valence-electron chi connectivity index (χ1n) is 6.68. The minimum absolute atomic E-state index is 0.0260. The highest BCUT2D eigenvalue weighted by atomic mass is 32.2. The van der Waals surface area contributed by atoms with E-state index < -0.39 is 34.2 Å². The molecule has 0 saturated heterocycles. The third-order valence-electron chi connectivity index (χ3n) is 2.69. The van der Waals surface area contributed by atoms with Crippen molar-refractivity contribution in [2.75, 3.05) is 5.75 Å². The second-order valence-corrected chi connectivity index (χ2v) is 6.88. The van der Waals surface area contributed by atoms with Gasteiger partial charge < -0.3 is 9.84 Å². The van der Waals surface area contributed by atoms with Gasteiger partial charge >= 0.3 is 5.97 Å². The van der Waals surface area contributed by atoms with Crippen molar-refractivity contribution in [1.29, 1.82) is 0 Å². The highest BCUT2D eigenvalue weighted by Gasteiger charge is 2.19. The van der Waals surface area contributed by atoms with Crippen LogP contribution < -0.4 is 9.46 Å². The number of aliphatic carboxylic acids is 1. The third kappa shape index (κ3) is 6.14. The molecule has 1 rings (SSSR count). The quantitative estimate of drug-likeness (QED) is 0.764. The molecule has 2 N–H and O–H groups in total. The molecule has 6 nitrogen and oxygen atoms in total. The van der Waals surface area contributed by atoms with Crippen molar-refractivity contribution in [3.05, 3.63) is 29.8 Å². The summed E-state index contributed by atoms with van der Waals surface area (Å²) in [6, 6.07) is 6.66. The second kappa shape index (κ2) is 7.42. The fraction of sp³-hybridized carbons (Fsp3) is 0.500. The number of hydrogen-bond acceptors (Lipinski definition) is 4. The molecule has 0 spiro atoms. The maximum atomic E-state index is 11.8. The van der Waals surface area contributed by atoms with E-state index >= 15 is 0 Å². The van der Waals surface area contributed by atoms with E-state index in [0.717, 1.165) is 0 Å². The molecule has 0 fully saturated rings. The molecule has 0 aliphatic heterocycles. The van der Waals surface area contributed by atoms with E-state index in [1.54, 1.807) is 25.1 Å². The Kier molecular flexibility index (Phi) is 6.17. The molecule has 7 heteroatoms. The van der Waals surface area contributed by atoms with Gasteiger partial charge in [-0.15, -0.1) is 0 Å². The minimum Gasteiger partial charge on any atom is -0.491 e. The van der Waals surface area contributed by atoms with Crippen LogP contribution in [0.15, 0.2) is 24.3 Å². The lowest BCUT2D eigenvalue weighted by Crippen LogP contribution is -2.30. The van der Waals surface area contributed by atoms with Crippen LogP contribution >= 0.6 is 0 Å². The molecule has 0 bridgehead atoms. The predicted octanol–water partition coefficient (Wildman–Crippen LogP) is 1.93. The van der Waals surface area contributed by atoms with Gasteiger partial charge in [-0.3, -0.25) is 4.79 Å². The van der Waals surface area contributed by atoms with Gasteiger partial charge in [0.05, 0.1) is 18.3 Å². The van der Waals surface area contributed by atoms with Crippen molar-refractivity contribution >= 4 is 16.0 Å². The van der Waals surface area contributed by atoms with Crippen LogP contribution in [0, 0.1) is 0 Å². The Bertz CT molecular complexity index is 583. The Hall–Kier alpha value is -1.60. The SMILES string of the molecule is CC(C)Oc1ccccc1C(C)NS(=O)(=O)CCC(=O)O. The van der Waals surface area contributed by atoms with Crippen LogP contribution in [0.1, 0.15) is 38.8 Å². The first kappa shape index (κ1) is 17.5. The largest absolute Gasteiger partial charge is 0.491 e. The standard InChI is InChI=1S/C14H21NO5S/c1-10(2)20-13-7-5-4-6-12(13)11(3)15-21(18,19)9-8-14(16)17/h4-7,10-11,15H,8-9H2,1-3H3,(H,16,17). The van der Waals surface area contributed by atoms with Crippen LogP contribution in [0.3, 0.4) is 0 Å². The molecule has 0 amide bonds. The summed E-state index contributed by atoms with van der Waals surface area (Å²) >= 11 is 0. The number of rotatable bonds is 8. The number of nitrogens with one attached hydrogen (secondary N) is 1. The van der Waals surface area contributed by atoms with Gasteiger partial charge in [-0.2, -0.15) is 0 Å². The maximum absolute atomic E-state index is 11.8. The molecule has 0 aliphatic rings. The predicted molar refractivity (Wildman–Crippen MR) is 79.8 cm³/mol. The van der Waals surface area contributed by atoms with E-state index in [-0.39, 0.29) is 6.10 Å². The molecule has 0 aromatic heterocycles. The number of para-hydroxylation sites is 1. The highest BCUT2D eigenvalue weighted by molar-refractivity contribution is 7.89. The van der Waals surface area contributed by atoms with Crippen LogP contribution in [-0.4, -0.2) is 31.4 Å². The van der Waals surface area contributed by atoms with E-state index in [0.29, 0.717) is 11.3 Å². The number of sulfonamides is 1. The highest BCUT2D eigenvalue weighted by Crippen LogP contribution is 2.26. The van der Waals surface area contributed by atoms with Crippen molar-refractivity contribution in [2.45, 2.75) is 39.3 Å². The first-order valence-corrected chi connectivity index (χ1v) is 8.34. The summed E-state index contributed by atoms with van der Waals surface area (Å²) < 4.78 is 31.8. The smallest absolute Gasteiger partial charge is 0.304 e. The molecule has 21 heavy (non-hydrogen) atoms. The van der Waals surface area contributed by atoms with Gasteiger partial charge in [0.1, 0.15) is 5.75 Å². The van der Waals surface area contributed by atoms with Crippen LogP contribution in [-0.2, 0) is 14.8 Å². The molecule has 0 heterocycles. The van der Waals surface area contributed by atoms with Gasteiger partial charge in [-0.05, 0) is 26.8 Å². The van der Waals surface area contributed by atoms with E-state index in [2.05, 4.69) is 4.72 Å². The Morgan fingerprint density at radius 2 is 1.90 bits per heavy atom. The average molecular weight is 315 g/mol. The lowest BCUT2D eigenvalue weighted by Gasteiger charge is -2.19. The first-order chi connectivity index (χ1) is 9.71. The zero-order valence-corrected chi connectivity index (χ0v) is 13.2. The van der Waals surface area contributed by atoms with E-state index in [4.69, 9.17) is 9.84 Å². The fourth-order valence-corrected chi connectivity index (χ4v) is 3.04. The number of ether oxygens (including phenoxy) is 1. The summed E-state index contributed by atoms with van der Waals surface area (Å²) in [6.07, 6.45) is -0.450. The Balaban J connectivity index is 2.84. The summed E-state index contributed by atoms with van der Waals surface area (Å²) in [5.74, 6) is -0.975. The van der Waals surface area contributed by atoms with Gasteiger partial charge in [-0.25, -0.2) is 13.1 Å². The van der Waals surface area contributed by atoms with Crippen molar-refractivity contribution in [1.82, 2.24) is 4.72 Å². The number of hydrogen-bond donors (Lipinski definition) is 2. The van der Waals surface area contributed by atoms with Crippen LogP contribution in [0.5, 0.6) is 5.75 Å². The number of benzene rings is 1. The summed E-state index contributed by atoms with van der Waals surface area (Å²) in [5, 5.41) is 8.56. The van der Waals surface area contributed by atoms with Crippen LogP contribution in [0.25, 0.3) is 0 Å². The van der Waals surface area contributed by atoms with Crippen LogP contribution in [0.2, 0.25) is 0 Å². The normalized spacial score (nSPS) is 13.1. The van der Waals surface area contributed by atoms with Crippen molar-refractivity contribution in [3.8, 4) is 5.75 Å². The Labute approximate surface area is 125 Å². The van der Waals surface area contributed by atoms with E-state index in [9.17, 15) is 13.2 Å². The zero-order valence-electron chi connectivity index (χ0n) is 12.4. The molecule has 0 saturated carbocycles. The van der Waals surface area contributed by atoms with Crippen molar-refractivity contribution in [3.63, 3.8) is 0 Å². The molecule has 1 aromatic rings. The Morgan fingerprint density at radius 1 is 1.29 bits per heavy atom. The Morgan fingerprint density at radius 3 is 2.48 bits per heavy atom. The third-order valence-corrected chi connectivity index (χ3v) is 4.14. The lowest BCUT2D eigenvalue weighted by molar-refractivity contribution is -0.136. The monoisotopic (exact) mass is 315 g/mol. The molecular weight excluding hydrogens is 294 g/mol. The molecule has 1 aromatic carbocycles. The average Bonchev–Trinajstić information content (AvgIpc) is 2.36. The minimum atomic E-state index is -3.66. The van der Waals surface area contributed by atoms with E-state index in [1.165, 1.54) is 0 Å². The summed E-state index contributed by atoms with van der Waals surface area (Å²) in [7, 11) is -3.66. The molecule has 118 valence electrons.